The molecule has 0 radical (unpaired) electrons. The molecule has 0 saturated carbocycles. The highest BCUT2D eigenvalue weighted by Gasteiger charge is 2.50. The summed E-state index contributed by atoms with van der Waals surface area (Å²) in [6.07, 6.45) is 0. The zero-order valence-corrected chi connectivity index (χ0v) is 60.4. The van der Waals surface area contributed by atoms with Crippen molar-refractivity contribution in [2.75, 3.05) is 9.80 Å². The number of para-hydroxylation sites is 1. The van der Waals surface area contributed by atoms with Crippen molar-refractivity contribution < 1.29 is 9.15 Å². The lowest BCUT2D eigenvalue weighted by Crippen LogP contribution is -2.29. The van der Waals surface area contributed by atoms with Crippen molar-refractivity contribution in [1.29, 1.82) is 0 Å². The molecule has 0 aliphatic heterocycles. The molecule has 2 aromatic heterocycles. The molecule has 0 spiro atoms. The summed E-state index contributed by atoms with van der Waals surface area (Å²) < 4.78 is 16.9. The van der Waals surface area contributed by atoms with Gasteiger partial charge in [-0.05, 0) is 185 Å². The molecule has 0 amide bonds. The average molecular weight is 1280 g/mol. The Morgan fingerprint density at radius 2 is 0.667 bits per heavy atom. The maximum atomic E-state index is 7.59. The normalized spacial score (nSPS) is 14.6. The first-order valence-electron chi connectivity index (χ1n) is 34.4. The van der Waals surface area contributed by atoms with Crippen LogP contribution in [0.15, 0.2) is 235 Å². The minimum absolute atomic E-state index is 0.0124. The summed E-state index contributed by atoms with van der Waals surface area (Å²) in [5, 5.41) is 4.59. The van der Waals surface area contributed by atoms with Crippen LogP contribution in [0.5, 0.6) is 11.5 Å². The van der Waals surface area contributed by atoms with Crippen LogP contribution in [0.3, 0.4) is 0 Å². The number of anilines is 6. The Morgan fingerprint density at radius 1 is 0.333 bits per heavy atom. The molecule has 1 unspecified atom stereocenters. The number of rotatable bonds is 10. The fourth-order valence-corrected chi connectivity index (χ4v) is 15.9. The number of hydrogen-bond donors (Lipinski definition) is 0. The van der Waals surface area contributed by atoms with Crippen LogP contribution in [-0.2, 0) is 37.9 Å². The molecule has 5 heteroatoms. The lowest BCUT2D eigenvalue weighted by molar-refractivity contribution is 0.481. The number of hydrogen-bond acceptors (Lipinski definition) is 5. The summed E-state index contributed by atoms with van der Waals surface area (Å²) >= 11 is 1.91. The largest absolute Gasteiger partial charge is 0.457 e. The van der Waals surface area contributed by atoms with Gasteiger partial charge in [-0.15, -0.1) is 11.3 Å². The van der Waals surface area contributed by atoms with Gasteiger partial charge in [-0.3, -0.25) is 0 Å². The molecule has 13 aromatic rings. The zero-order valence-electron chi connectivity index (χ0n) is 59.6. The molecule has 1 aliphatic rings. The van der Waals surface area contributed by atoms with Gasteiger partial charge in [0.2, 0.25) is 0 Å². The first-order chi connectivity index (χ1) is 45.4. The number of thiophene rings is 1. The molecule has 2 heterocycles. The van der Waals surface area contributed by atoms with Crippen LogP contribution in [0, 0.1) is 0 Å². The first-order valence-corrected chi connectivity index (χ1v) is 35.2. The van der Waals surface area contributed by atoms with Gasteiger partial charge in [0.05, 0.1) is 16.8 Å². The number of ether oxygens (including phenoxy) is 1. The van der Waals surface area contributed by atoms with Crippen LogP contribution < -0.4 is 14.5 Å². The van der Waals surface area contributed by atoms with Gasteiger partial charge in [0.25, 0.3) is 0 Å². The fourth-order valence-electron chi connectivity index (χ4n) is 14.6. The fraction of sp³-hybridized carbons (Fsp3) is 0.275. The lowest BCUT2D eigenvalue weighted by Gasteiger charge is -2.36. The van der Waals surface area contributed by atoms with E-state index in [1.54, 1.807) is 0 Å². The first kappa shape index (κ1) is 64.2. The predicted molar refractivity (Wildman–Crippen MR) is 412 cm³/mol. The Labute approximate surface area is 574 Å². The van der Waals surface area contributed by atoms with Gasteiger partial charge >= 0.3 is 0 Å². The van der Waals surface area contributed by atoms with Crippen LogP contribution >= 0.6 is 11.3 Å². The molecule has 4 nitrogen and oxygen atoms in total. The molecule has 1 aliphatic carbocycles. The van der Waals surface area contributed by atoms with Gasteiger partial charge < -0.3 is 19.0 Å². The minimum Gasteiger partial charge on any atom is -0.457 e. The van der Waals surface area contributed by atoms with E-state index in [2.05, 4.69) is 365 Å². The summed E-state index contributed by atoms with van der Waals surface area (Å²) in [5.41, 5.74) is 21.4. The molecule has 11 aromatic carbocycles. The van der Waals surface area contributed by atoms with E-state index in [1.165, 1.54) is 75.8 Å². The topological polar surface area (TPSA) is 28.9 Å². The van der Waals surface area contributed by atoms with Crippen molar-refractivity contribution in [3.63, 3.8) is 0 Å². The third-order valence-corrected chi connectivity index (χ3v) is 21.4. The van der Waals surface area contributed by atoms with Crippen LogP contribution in [0.1, 0.15) is 180 Å². The molecule has 484 valence electrons. The average Bonchev–Trinajstić information content (AvgIpc) is 1.49. The Balaban J connectivity index is 1.16. The van der Waals surface area contributed by atoms with Crippen molar-refractivity contribution >= 4 is 87.6 Å². The minimum atomic E-state index is -0.968. The summed E-state index contributed by atoms with van der Waals surface area (Å²) in [4.78, 5) is 5.02. The summed E-state index contributed by atoms with van der Waals surface area (Å²) in [6, 6.07) is 87.5. The molecular weight excluding hydrogens is 1190 g/mol. The third-order valence-electron chi connectivity index (χ3n) is 20.2. The standard InChI is InChI=1S/C91H92N2O2S/c1-85(2,3)57-27-29-63(30-28-57)91(64-41-53-70(54-42-64)94-69-51-39-62(40-52-69)90(16,17)18)73-56-76(93(67-47-35-60(36-48-67)88(10,11)12)68-49-37-61(38-50-68)89(13,14)15)83-80(71-23-19-21-25-77(71)95-83)81(73)82-74(91)55-75(79-72-24-20-22-26-78(72)96-84(79)82)92(65-43-31-58(32-44-65)86(4,5)6)66-45-33-59(34-46-66)87(7,8)9/h19-56H,1-18H3. The Morgan fingerprint density at radius 3 is 1.09 bits per heavy atom. The van der Waals surface area contributed by atoms with Crippen LogP contribution in [0.25, 0.3) is 53.2 Å². The van der Waals surface area contributed by atoms with Crippen molar-refractivity contribution in [1.82, 2.24) is 0 Å². The third kappa shape index (κ3) is 11.2. The summed E-state index contributed by atoms with van der Waals surface area (Å²) in [7, 11) is 0. The van der Waals surface area contributed by atoms with E-state index in [0.29, 0.717) is 0 Å². The van der Waals surface area contributed by atoms with Gasteiger partial charge in [-0.2, -0.15) is 0 Å². The Hall–Kier alpha value is -9.16. The number of furan rings is 1. The van der Waals surface area contributed by atoms with Gasteiger partial charge in [0, 0.05) is 64.8 Å². The lowest BCUT2D eigenvalue weighted by atomic mass is 9.67. The van der Waals surface area contributed by atoms with Crippen LogP contribution in [-0.4, -0.2) is 0 Å². The number of nitrogens with zero attached hydrogens (tertiary/aromatic N) is 2. The molecular formula is C91H92N2O2S. The van der Waals surface area contributed by atoms with Crippen molar-refractivity contribution in [3.05, 3.63) is 286 Å². The van der Waals surface area contributed by atoms with E-state index in [1.807, 2.05) is 11.3 Å². The highest BCUT2D eigenvalue weighted by Crippen LogP contribution is 2.65. The molecule has 1 atom stereocenters. The molecule has 0 fully saturated rings. The van der Waals surface area contributed by atoms with Crippen molar-refractivity contribution in [2.45, 2.75) is 163 Å². The van der Waals surface area contributed by atoms with Crippen molar-refractivity contribution in [3.8, 4) is 22.6 Å². The Bertz CT molecular complexity index is 4950. The second-order valence-corrected chi connectivity index (χ2v) is 34.1. The predicted octanol–water partition coefficient (Wildman–Crippen LogP) is 26.8. The molecule has 0 saturated heterocycles. The molecule has 0 bridgehead atoms. The zero-order chi connectivity index (χ0) is 67.8. The highest BCUT2D eigenvalue weighted by molar-refractivity contribution is 7.26. The number of benzene rings is 11. The van der Waals surface area contributed by atoms with Crippen molar-refractivity contribution in [2.24, 2.45) is 0 Å². The van der Waals surface area contributed by atoms with Gasteiger partial charge in [0.15, 0.2) is 5.58 Å². The highest BCUT2D eigenvalue weighted by atomic mass is 32.1. The van der Waals surface area contributed by atoms with Gasteiger partial charge in [-0.1, -0.05) is 258 Å². The van der Waals surface area contributed by atoms with E-state index in [9.17, 15) is 0 Å². The second-order valence-electron chi connectivity index (χ2n) is 33.1. The van der Waals surface area contributed by atoms with Crippen LogP contribution in [0.2, 0.25) is 0 Å². The van der Waals surface area contributed by atoms with Crippen LogP contribution in [0.4, 0.5) is 34.1 Å². The SMILES string of the molecule is CC(C)(C)c1ccc(Oc2ccc(C3(c4ccc(C(C)(C)C)cc4)c4cc(N(c5ccc(C(C)(C)C)cc5)c5ccc(C(C)(C)C)cc5)c5c(sc6ccccc65)c4-c4c3cc(N(c3ccc(C(C)(C)C)cc3)c3ccc(C(C)(C)C)cc3)c3oc5ccccc5c43)cc2)cc1. The van der Waals surface area contributed by atoms with E-state index in [4.69, 9.17) is 9.15 Å². The number of fused-ring (bicyclic) bond motifs is 11. The van der Waals surface area contributed by atoms with E-state index < -0.39 is 5.41 Å². The van der Waals surface area contributed by atoms with E-state index >= 15 is 0 Å². The molecule has 14 rings (SSSR count). The smallest absolute Gasteiger partial charge is 0.160 e. The van der Waals surface area contributed by atoms with Gasteiger partial charge in [-0.25, -0.2) is 0 Å². The van der Waals surface area contributed by atoms with E-state index in [0.717, 1.165) is 78.7 Å². The van der Waals surface area contributed by atoms with E-state index in [-0.39, 0.29) is 32.5 Å². The van der Waals surface area contributed by atoms with Gasteiger partial charge in [0.1, 0.15) is 17.1 Å². The molecule has 0 N–H and O–H groups in total. The Kier molecular flexibility index (Phi) is 15.4. The maximum Gasteiger partial charge on any atom is 0.160 e. The summed E-state index contributed by atoms with van der Waals surface area (Å²) in [5.74, 6) is 1.57. The second kappa shape index (κ2) is 23.0. The maximum absolute atomic E-state index is 7.59. The quantitative estimate of drug-likeness (QED) is 0.136. The monoisotopic (exact) mass is 1280 g/mol. The molecule has 96 heavy (non-hydrogen) atoms. The summed E-state index contributed by atoms with van der Waals surface area (Å²) in [6.45, 7) is 41.3.